The molecule has 0 amide bonds. The standard InChI is InChI=1S/C13H25NO2/c1-12(15)9-7-5-3-2-4-6-8-10-13(16)11-14/h11,15-16H,1-10,14H2/b13-11-. The summed E-state index contributed by atoms with van der Waals surface area (Å²) in [6.07, 6.45) is 10.7. The van der Waals surface area contributed by atoms with Gasteiger partial charge >= 0.3 is 0 Å². The SMILES string of the molecule is C=C(O)CCCCCCCCC/C(O)=C/N. The quantitative estimate of drug-likeness (QED) is 0.391. The molecule has 0 saturated heterocycles. The van der Waals surface area contributed by atoms with Crippen molar-refractivity contribution in [3.05, 3.63) is 24.3 Å². The fourth-order valence-corrected chi connectivity index (χ4v) is 1.60. The minimum absolute atomic E-state index is 0.293. The highest BCUT2D eigenvalue weighted by Crippen LogP contribution is 2.12. The first-order valence-electron chi connectivity index (χ1n) is 6.13. The number of aliphatic hydroxyl groups excluding tert-OH is 2. The van der Waals surface area contributed by atoms with E-state index in [0.29, 0.717) is 17.9 Å². The van der Waals surface area contributed by atoms with Gasteiger partial charge < -0.3 is 15.9 Å². The van der Waals surface area contributed by atoms with Gasteiger partial charge in [-0.15, -0.1) is 0 Å². The van der Waals surface area contributed by atoms with Crippen molar-refractivity contribution in [1.29, 1.82) is 0 Å². The Balaban J connectivity index is 3.07. The molecule has 4 N–H and O–H groups in total. The van der Waals surface area contributed by atoms with Crippen LogP contribution >= 0.6 is 0 Å². The lowest BCUT2D eigenvalue weighted by atomic mass is 10.1. The zero-order valence-corrected chi connectivity index (χ0v) is 10.1. The summed E-state index contributed by atoms with van der Waals surface area (Å²) in [7, 11) is 0. The molecule has 94 valence electrons. The fourth-order valence-electron chi connectivity index (χ4n) is 1.60. The average Bonchev–Trinajstić information content (AvgIpc) is 2.26. The number of rotatable bonds is 10. The summed E-state index contributed by atoms with van der Waals surface area (Å²) in [5.74, 6) is 0.588. The molecule has 0 aromatic heterocycles. The number of unbranched alkanes of at least 4 members (excludes halogenated alkanes) is 6. The fraction of sp³-hybridized carbons (Fsp3) is 0.692. The molecule has 3 nitrogen and oxygen atoms in total. The molecule has 0 radical (unpaired) electrons. The van der Waals surface area contributed by atoms with Gasteiger partial charge in [0.15, 0.2) is 0 Å². The van der Waals surface area contributed by atoms with Crippen molar-refractivity contribution in [2.75, 3.05) is 0 Å². The van der Waals surface area contributed by atoms with Crippen LogP contribution in [0.1, 0.15) is 57.8 Å². The number of aliphatic hydroxyl groups is 2. The number of nitrogens with two attached hydrogens (primary N) is 1. The third-order valence-corrected chi connectivity index (χ3v) is 2.59. The minimum atomic E-state index is 0.293. The highest BCUT2D eigenvalue weighted by atomic mass is 16.3. The first-order chi connectivity index (χ1) is 7.66. The van der Waals surface area contributed by atoms with Gasteiger partial charge in [0, 0.05) is 19.0 Å². The molecule has 0 aromatic carbocycles. The van der Waals surface area contributed by atoms with Crippen LogP contribution in [0.15, 0.2) is 24.3 Å². The Morgan fingerprint density at radius 3 is 1.75 bits per heavy atom. The molecule has 0 spiro atoms. The molecular formula is C13H25NO2. The van der Waals surface area contributed by atoms with Crippen LogP contribution in [-0.4, -0.2) is 10.2 Å². The first-order valence-corrected chi connectivity index (χ1v) is 6.13. The first kappa shape index (κ1) is 14.9. The lowest BCUT2D eigenvalue weighted by molar-refractivity contribution is 0.377. The van der Waals surface area contributed by atoms with E-state index in [1.54, 1.807) is 0 Å². The Hall–Kier alpha value is -1.12. The molecule has 0 unspecified atom stereocenters. The van der Waals surface area contributed by atoms with E-state index in [-0.39, 0.29) is 0 Å². The Morgan fingerprint density at radius 1 is 0.875 bits per heavy atom. The van der Waals surface area contributed by atoms with Crippen molar-refractivity contribution in [1.82, 2.24) is 0 Å². The van der Waals surface area contributed by atoms with E-state index in [1.165, 1.54) is 25.5 Å². The Kier molecular flexibility index (Phi) is 9.67. The van der Waals surface area contributed by atoms with Crippen molar-refractivity contribution < 1.29 is 10.2 Å². The summed E-state index contributed by atoms with van der Waals surface area (Å²) in [6, 6.07) is 0. The summed E-state index contributed by atoms with van der Waals surface area (Å²) < 4.78 is 0. The van der Waals surface area contributed by atoms with Gasteiger partial charge in [-0.25, -0.2) is 0 Å². The molecule has 0 aliphatic carbocycles. The van der Waals surface area contributed by atoms with Crippen molar-refractivity contribution in [3.8, 4) is 0 Å². The molecule has 0 bridgehead atoms. The van der Waals surface area contributed by atoms with E-state index in [9.17, 15) is 0 Å². The maximum Gasteiger partial charge on any atom is 0.108 e. The monoisotopic (exact) mass is 227 g/mol. The molecule has 0 aliphatic rings. The summed E-state index contributed by atoms with van der Waals surface area (Å²) in [5, 5.41) is 18.0. The van der Waals surface area contributed by atoms with E-state index >= 15 is 0 Å². The maximum atomic E-state index is 9.09. The van der Waals surface area contributed by atoms with Crippen molar-refractivity contribution in [3.63, 3.8) is 0 Å². The largest absolute Gasteiger partial charge is 0.513 e. The smallest absolute Gasteiger partial charge is 0.108 e. The average molecular weight is 227 g/mol. The van der Waals surface area contributed by atoms with Crippen LogP contribution in [-0.2, 0) is 0 Å². The lowest BCUT2D eigenvalue weighted by Crippen LogP contribution is -1.88. The van der Waals surface area contributed by atoms with Crippen molar-refractivity contribution in [2.45, 2.75) is 57.8 Å². The predicted molar refractivity (Wildman–Crippen MR) is 68.2 cm³/mol. The molecule has 0 aromatic rings. The normalized spacial score (nSPS) is 11.6. The van der Waals surface area contributed by atoms with Gasteiger partial charge in [0.2, 0.25) is 0 Å². The van der Waals surface area contributed by atoms with Gasteiger partial charge in [-0.05, 0) is 12.8 Å². The van der Waals surface area contributed by atoms with Crippen molar-refractivity contribution in [2.24, 2.45) is 5.73 Å². The minimum Gasteiger partial charge on any atom is -0.513 e. The predicted octanol–water partition coefficient (Wildman–Crippen LogP) is 3.93. The molecule has 0 fully saturated rings. The Bertz CT molecular complexity index is 212. The molecule has 3 heteroatoms. The number of hydrogen-bond acceptors (Lipinski definition) is 3. The molecular weight excluding hydrogens is 202 g/mol. The molecule has 16 heavy (non-hydrogen) atoms. The number of hydrogen-bond donors (Lipinski definition) is 3. The van der Waals surface area contributed by atoms with Crippen LogP contribution in [0, 0.1) is 0 Å². The van der Waals surface area contributed by atoms with Crippen LogP contribution in [0.25, 0.3) is 0 Å². The molecule has 0 aliphatic heterocycles. The summed E-state index contributed by atoms with van der Waals surface area (Å²) in [5.41, 5.74) is 5.15. The summed E-state index contributed by atoms with van der Waals surface area (Å²) in [6.45, 7) is 3.45. The van der Waals surface area contributed by atoms with E-state index in [1.807, 2.05) is 0 Å². The van der Waals surface area contributed by atoms with Crippen LogP contribution in [0.5, 0.6) is 0 Å². The maximum absolute atomic E-state index is 9.09. The molecule has 0 atom stereocenters. The van der Waals surface area contributed by atoms with E-state index in [2.05, 4.69) is 6.58 Å². The Labute approximate surface area is 98.7 Å². The van der Waals surface area contributed by atoms with Crippen molar-refractivity contribution >= 4 is 0 Å². The van der Waals surface area contributed by atoms with Crippen LogP contribution in [0.2, 0.25) is 0 Å². The third kappa shape index (κ3) is 11.0. The van der Waals surface area contributed by atoms with Crippen LogP contribution in [0.3, 0.4) is 0 Å². The van der Waals surface area contributed by atoms with Gasteiger partial charge in [-0.3, -0.25) is 0 Å². The van der Waals surface area contributed by atoms with E-state index in [4.69, 9.17) is 15.9 Å². The van der Waals surface area contributed by atoms with Crippen LogP contribution < -0.4 is 5.73 Å². The zero-order valence-electron chi connectivity index (χ0n) is 10.1. The van der Waals surface area contributed by atoms with E-state index in [0.717, 1.165) is 32.1 Å². The Morgan fingerprint density at radius 2 is 1.31 bits per heavy atom. The summed E-state index contributed by atoms with van der Waals surface area (Å²) >= 11 is 0. The van der Waals surface area contributed by atoms with Crippen LogP contribution in [0.4, 0.5) is 0 Å². The van der Waals surface area contributed by atoms with Gasteiger partial charge in [-0.1, -0.05) is 38.7 Å². The highest BCUT2D eigenvalue weighted by Gasteiger charge is 1.95. The zero-order chi connectivity index (χ0) is 12.2. The van der Waals surface area contributed by atoms with Gasteiger partial charge in [0.1, 0.15) is 5.76 Å². The second-order valence-corrected chi connectivity index (χ2v) is 4.20. The third-order valence-electron chi connectivity index (χ3n) is 2.59. The van der Waals surface area contributed by atoms with Gasteiger partial charge in [0.25, 0.3) is 0 Å². The highest BCUT2D eigenvalue weighted by molar-refractivity contribution is 4.85. The molecule has 0 rings (SSSR count). The topological polar surface area (TPSA) is 66.5 Å². The molecule has 0 saturated carbocycles. The van der Waals surface area contributed by atoms with E-state index < -0.39 is 0 Å². The number of allylic oxidation sites excluding steroid dienone is 2. The summed E-state index contributed by atoms with van der Waals surface area (Å²) in [4.78, 5) is 0. The second-order valence-electron chi connectivity index (χ2n) is 4.20. The van der Waals surface area contributed by atoms with Gasteiger partial charge in [0.05, 0.1) is 5.76 Å². The molecule has 0 heterocycles. The lowest BCUT2D eigenvalue weighted by Gasteiger charge is -2.02. The van der Waals surface area contributed by atoms with Gasteiger partial charge in [-0.2, -0.15) is 0 Å². The second kappa shape index (κ2) is 10.4.